The van der Waals surface area contributed by atoms with E-state index in [2.05, 4.69) is 39.9 Å². The number of nitrogens with one attached hydrogen (secondary N) is 1. The molecule has 2 atom stereocenters. The van der Waals surface area contributed by atoms with Crippen LogP contribution in [-0.4, -0.2) is 25.3 Å². The van der Waals surface area contributed by atoms with Crippen LogP contribution in [-0.2, 0) is 4.74 Å². The molecule has 122 valence electrons. The van der Waals surface area contributed by atoms with Crippen molar-refractivity contribution in [3.8, 4) is 0 Å². The fraction of sp³-hybridized carbons (Fsp3) is 1.00. The molecular weight excluding hydrogens is 246 g/mol. The summed E-state index contributed by atoms with van der Waals surface area (Å²) in [7, 11) is 1.89. The van der Waals surface area contributed by atoms with Crippen molar-refractivity contribution in [2.24, 2.45) is 5.92 Å². The van der Waals surface area contributed by atoms with Crippen molar-refractivity contribution in [2.75, 3.05) is 13.7 Å². The van der Waals surface area contributed by atoms with Gasteiger partial charge in [0.05, 0.1) is 5.60 Å². The fourth-order valence-corrected chi connectivity index (χ4v) is 3.29. The van der Waals surface area contributed by atoms with Gasteiger partial charge in [-0.1, -0.05) is 60.3 Å². The standard InChI is InChI=1S/C18H39NO/c1-7-12-13-16(9-3)15-17(19-14-8-2)18(10-4,11-5)20-6/h16-17,19H,7-15H2,1-6H3. The van der Waals surface area contributed by atoms with Gasteiger partial charge in [-0.25, -0.2) is 0 Å². The van der Waals surface area contributed by atoms with Crippen LogP contribution in [0.25, 0.3) is 0 Å². The Morgan fingerprint density at radius 2 is 1.65 bits per heavy atom. The Labute approximate surface area is 128 Å². The molecule has 20 heavy (non-hydrogen) atoms. The van der Waals surface area contributed by atoms with Crippen molar-refractivity contribution in [1.29, 1.82) is 0 Å². The molecule has 0 aliphatic heterocycles. The molecule has 0 aliphatic rings. The number of rotatable bonds is 13. The first-order valence-corrected chi connectivity index (χ1v) is 8.92. The van der Waals surface area contributed by atoms with Crippen molar-refractivity contribution in [2.45, 2.75) is 97.6 Å². The van der Waals surface area contributed by atoms with Gasteiger partial charge in [-0.3, -0.25) is 0 Å². The molecule has 2 unspecified atom stereocenters. The molecule has 1 N–H and O–H groups in total. The van der Waals surface area contributed by atoms with Gasteiger partial charge in [0.1, 0.15) is 0 Å². The third kappa shape index (κ3) is 6.13. The van der Waals surface area contributed by atoms with Gasteiger partial charge in [0.2, 0.25) is 0 Å². The number of ether oxygens (including phenoxy) is 1. The van der Waals surface area contributed by atoms with E-state index in [1.165, 1.54) is 38.5 Å². The van der Waals surface area contributed by atoms with Gasteiger partial charge in [-0.2, -0.15) is 0 Å². The number of unbranched alkanes of at least 4 members (excludes halogenated alkanes) is 1. The molecule has 0 aromatic heterocycles. The minimum Gasteiger partial charge on any atom is -0.377 e. The van der Waals surface area contributed by atoms with Crippen LogP contribution in [0.5, 0.6) is 0 Å². The van der Waals surface area contributed by atoms with Crippen LogP contribution in [0.2, 0.25) is 0 Å². The van der Waals surface area contributed by atoms with E-state index in [1.54, 1.807) is 0 Å². The zero-order valence-electron chi connectivity index (χ0n) is 14.9. The predicted molar refractivity (Wildman–Crippen MR) is 90.3 cm³/mol. The highest BCUT2D eigenvalue weighted by Crippen LogP contribution is 2.30. The van der Waals surface area contributed by atoms with Crippen molar-refractivity contribution >= 4 is 0 Å². The molecule has 0 saturated heterocycles. The van der Waals surface area contributed by atoms with Gasteiger partial charge in [0.25, 0.3) is 0 Å². The van der Waals surface area contributed by atoms with Crippen molar-refractivity contribution in [1.82, 2.24) is 5.32 Å². The summed E-state index contributed by atoms with van der Waals surface area (Å²) in [5, 5.41) is 3.78. The third-order valence-corrected chi connectivity index (χ3v) is 4.99. The van der Waals surface area contributed by atoms with E-state index in [1.807, 2.05) is 7.11 Å². The predicted octanol–water partition coefficient (Wildman–Crippen LogP) is 5.17. The Balaban J connectivity index is 4.82. The number of methoxy groups -OCH3 is 1. The molecule has 0 heterocycles. The number of hydrogen-bond acceptors (Lipinski definition) is 2. The van der Waals surface area contributed by atoms with E-state index in [9.17, 15) is 0 Å². The maximum absolute atomic E-state index is 5.98. The van der Waals surface area contributed by atoms with Gasteiger partial charge in [-0.15, -0.1) is 0 Å². The Morgan fingerprint density at radius 3 is 2.05 bits per heavy atom. The van der Waals surface area contributed by atoms with Crippen molar-refractivity contribution < 1.29 is 4.74 Å². The van der Waals surface area contributed by atoms with Crippen LogP contribution in [0.15, 0.2) is 0 Å². The highest BCUT2D eigenvalue weighted by atomic mass is 16.5. The third-order valence-electron chi connectivity index (χ3n) is 4.99. The molecule has 0 rings (SSSR count). The van der Waals surface area contributed by atoms with Crippen LogP contribution in [0, 0.1) is 5.92 Å². The molecule has 0 spiro atoms. The van der Waals surface area contributed by atoms with Crippen LogP contribution in [0.3, 0.4) is 0 Å². The van der Waals surface area contributed by atoms with Crippen LogP contribution in [0.1, 0.15) is 86.0 Å². The summed E-state index contributed by atoms with van der Waals surface area (Å²) in [5.74, 6) is 0.830. The van der Waals surface area contributed by atoms with Crippen molar-refractivity contribution in [3.05, 3.63) is 0 Å². The zero-order valence-corrected chi connectivity index (χ0v) is 14.9. The summed E-state index contributed by atoms with van der Waals surface area (Å²) < 4.78 is 5.98. The minimum absolute atomic E-state index is 0.00873. The van der Waals surface area contributed by atoms with E-state index >= 15 is 0 Å². The molecule has 2 heteroatoms. The Kier molecular flexibility index (Phi) is 11.5. The Hall–Kier alpha value is -0.0800. The molecule has 0 fully saturated rings. The lowest BCUT2D eigenvalue weighted by Crippen LogP contribution is -2.52. The van der Waals surface area contributed by atoms with Crippen LogP contribution in [0.4, 0.5) is 0 Å². The first-order chi connectivity index (χ1) is 9.63. The smallest absolute Gasteiger partial charge is 0.0825 e. The quantitative estimate of drug-likeness (QED) is 0.504. The van der Waals surface area contributed by atoms with Crippen molar-refractivity contribution in [3.63, 3.8) is 0 Å². The first-order valence-electron chi connectivity index (χ1n) is 8.92. The second-order valence-corrected chi connectivity index (χ2v) is 6.13. The molecule has 0 aromatic rings. The molecule has 0 aromatic carbocycles. The van der Waals surface area contributed by atoms with E-state index in [0.29, 0.717) is 6.04 Å². The highest BCUT2D eigenvalue weighted by Gasteiger charge is 2.36. The largest absolute Gasteiger partial charge is 0.377 e. The summed E-state index contributed by atoms with van der Waals surface area (Å²) >= 11 is 0. The Morgan fingerprint density at radius 1 is 1.00 bits per heavy atom. The molecule has 0 saturated carbocycles. The summed E-state index contributed by atoms with van der Waals surface area (Å²) in [4.78, 5) is 0. The first kappa shape index (κ1) is 19.9. The average Bonchev–Trinajstić information content (AvgIpc) is 2.50. The van der Waals surface area contributed by atoms with Crippen LogP contribution >= 0.6 is 0 Å². The monoisotopic (exact) mass is 285 g/mol. The normalized spacial score (nSPS) is 15.3. The lowest BCUT2D eigenvalue weighted by atomic mass is 9.80. The Bertz CT molecular complexity index is 205. The topological polar surface area (TPSA) is 21.3 Å². The lowest BCUT2D eigenvalue weighted by molar-refractivity contribution is -0.0534. The second kappa shape index (κ2) is 11.6. The molecule has 0 amide bonds. The van der Waals surface area contributed by atoms with Gasteiger partial charge in [0.15, 0.2) is 0 Å². The fourth-order valence-electron chi connectivity index (χ4n) is 3.29. The summed E-state index contributed by atoms with van der Waals surface area (Å²) in [6.45, 7) is 12.5. The maximum atomic E-state index is 5.98. The second-order valence-electron chi connectivity index (χ2n) is 6.13. The van der Waals surface area contributed by atoms with Gasteiger partial charge < -0.3 is 10.1 Å². The molecule has 2 nitrogen and oxygen atoms in total. The summed E-state index contributed by atoms with van der Waals surface area (Å²) in [6.07, 6.45) is 9.94. The molecular formula is C18H39NO. The van der Waals surface area contributed by atoms with Crippen LogP contribution < -0.4 is 5.32 Å². The summed E-state index contributed by atoms with van der Waals surface area (Å²) in [6, 6.07) is 0.490. The lowest BCUT2D eigenvalue weighted by Gasteiger charge is -2.40. The maximum Gasteiger partial charge on any atom is 0.0825 e. The minimum atomic E-state index is 0.00873. The molecule has 0 bridgehead atoms. The highest BCUT2D eigenvalue weighted by molar-refractivity contribution is 4.92. The van der Waals surface area contributed by atoms with Gasteiger partial charge in [-0.05, 0) is 38.1 Å². The summed E-state index contributed by atoms with van der Waals surface area (Å²) in [5.41, 5.74) is 0.00873. The zero-order chi connectivity index (χ0) is 15.4. The number of hydrogen-bond donors (Lipinski definition) is 1. The van der Waals surface area contributed by atoms with E-state index in [4.69, 9.17) is 4.74 Å². The molecule has 0 aliphatic carbocycles. The van der Waals surface area contributed by atoms with Gasteiger partial charge in [0, 0.05) is 13.2 Å². The van der Waals surface area contributed by atoms with E-state index < -0.39 is 0 Å². The SMILES string of the molecule is CCCCC(CC)CC(NCCC)C(CC)(CC)OC. The van der Waals surface area contributed by atoms with E-state index in [0.717, 1.165) is 25.3 Å². The molecule has 0 radical (unpaired) electrons. The van der Waals surface area contributed by atoms with E-state index in [-0.39, 0.29) is 5.60 Å². The van der Waals surface area contributed by atoms with Gasteiger partial charge >= 0.3 is 0 Å². The average molecular weight is 286 g/mol.